The molecule has 0 bridgehead atoms. The summed E-state index contributed by atoms with van der Waals surface area (Å²) in [7, 11) is 0. The number of hydrogen-bond donors (Lipinski definition) is 6. The highest BCUT2D eigenvalue weighted by atomic mass is 16.7. The van der Waals surface area contributed by atoms with E-state index in [-0.39, 0.29) is 12.5 Å². The minimum Gasteiger partial charge on any atom is -0.394 e. The minimum atomic E-state index is -1.57. The highest BCUT2D eigenvalue weighted by molar-refractivity contribution is 5.76. The Morgan fingerprint density at radius 3 is 1.36 bits per heavy atom. The Balaban J connectivity index is 2.28. The summed E-state index contributed by atoms with van der Waals surface area (Å²) in [5.74, 6) is -0.190. The third-order valence-corrected chi connectivity index (χ3v) is 13.1. The molecule has 0 aromatic rings. The van der Waals surface area contributed by atoms with Crippen LogP contribution in [0.1, 0.15) is 251 Å². The number of allylic oxidation sites excluding steroid dienone is 7. The first-order valence-electron chi connectivity index (χ1n) is 27.9. The van der Waals surface area contributed by atoms with E-state index in [1.54, 1.807) is 6.08 Å². The second-order valence-electron chi connectivity index (χ2n) is 19.4. The van der Waals surface area contributed by atoms with E-state index in [0.717, 1.165) is 51.4 Å². The molecule has 7 unspecified atom stereocenters. The van der Waals surface area contributed by atoms with Crippen LogP contribution in [0.4, 0.5) is 0 Å². The Morgan fingerprint density at radius 1 is 0.515 bits per heavy atom. The highest BCUT2D eigenvalue weighted by Crippen LogP contribution is 2.23. The van der Waals surface area contributed by atoms with Gasteiger partial charge in [0.2, 0.25) is 5.91 Å². The van der Waals surface area contributed by atoms with E-state index >= 15 is 0 Å². The summed E-state index contributed by atoms with van der Waals surface area (Å²) in [5.41, 5.74) is 0. The summed E-state index contributed by atoms with van der Waals surface area (Å²) in [5, 5.41) is 54.4. The van der Waals surface area contributed by atoms with E-state index in [9.17, 15) is 30.3 Å². The molecule has 6 N–H and O–H groups in total. The summed E-state index contributed by atoms with van der Waals surface area (Å²) in [6, 6.07) is -0.825. The Labute approximate surface area is 405 Å². The maximum atomic E-state index is 13.0. The number of hydrogen-bond acceptors (Lipinski definition) is 8. The Bertz CT molecular complexity index is 1170. The van der Waals surface area contributed by atoms with E-state index in [1.807, 2.05) is 6.08 Å². The fourth-order valence-electron chi connectivity index (χ4n) is 8.67. The number of ether oxygens (including phenoxy) is 2. The van der Waals surface area contributed by atoms with Crippen molar-refractivity contribution in [2.45, 2.75) is 294 Å². The van der Waals surface area contributed by atoms with Crippen LogP contribution in [0.2, 0.25) is 0 Å². The third-order valence-electron chi connectivity index (χ3n) is 13.1. The molecule has 386 valence electrons. The lowest BCUT2D eigenvalue weighted by Crippen LogP contribution is -2.60. The number of carbonyl (C=O) groups excluding carboxylic acids is 1. The number of unbranched alkanes of at least 4 members (excludes halogenated alkanes) is 31. The highest BCUT2D eigenvalue weighted by Gasteiger charge is 2.44. The zero-order valence-electron chi connectivity index (χ0n) is 42.7. The molecule has 66 heavy (non-hydrogen) atoms. The van der Waals surface area contributed by atoms with Gasteiger partial charge in [-0.2, -0.15) is 0 Å². The predicted octanol–water partition coefficient (Wildman–Crippen LogP) is 13.3. The molecule has 1 aliphatic heterocycles. The monoisotopic (exact) mass is 932 g/mol. The smallest absolute Gasteiger partial charge is 0.220 e. The van der Waals surface area contributed by atoms with Gasteiger partial charge in [-0.05, 0) is 64.2 Å². The molecule has 0 spiro atoms. The first kappa shape index (κ1) is 62.2. The van der Waals surface area contributed by atoms with Crippen molar-refractivity contribution >= 4 is 5.91 Å². The van der Waals surface area contributed by atoms with Crippen molar-refractivity contribution in [3.05, 3.63) is 48.6 Å². The SMILES string of the molecule is CCCCCCC/C=C\C/C=C\CCCCCCCCCCCC(=O)NC(COC1OC(CO)C(O)C(O)C1O)C(O)/C=C/CC/C=C/CCCCCCCCCCCCCCCCCC. The molecular formula is C57H105NO8. The van der Waals surface area contributed by atoms with E-state index in [2.05, 4.69) is 55.6 Å². The van der Waals surface area contributed by atoms with Crippen LogP contribution in [-0.4, -0.2) is 87.5 Å². The second kappa shape index (κ2) is 46.9. The molecule has 9 nitrogen and oxygen atoms in total. The van der Waals surface area contributed by atoms with Gasteiger partial charge in [0.25, 0.3) is 0 Å². The molecule has 9 heteroatoms. The first-order chi connectivity index (χ1) is 32.3. The van der Waals surface area contributed by atoms with Gasteiger partial charge in [0.1, 0.15) is 24.4 Å². The lowest BCUT2D eigenvalue weighted by Gasteiger charge is -2.40. The normalized spacial score (nSPS) is 20.1. The van der Waals surface area contributed by atoms with Gasteiger partial charge in [-0.15, -0.1) is 0 Å². The van der Waals surface area contributed by atoms with Gasteiger partial charge < -0.3 is 40.3 Å². The van der Waals surface area contributed by atoms with Crippen molar-refractivity contribution in [2.75, 3.05) is 13.2 Å². The molecule has 7 atom stereocenters. The van der Waals surface area contributed by atoms with Gasteiger partial charge in [-0.25, -0.2) is 0 Å². The Kier molecular flexibility index (Phi) is 44.1. The quantitative estimate of drug-likeness (QED) is 0.0261. The van der Waals surface area contributed by atoms with Gasteiger partial charge in [-0.3, -0.25) is 4.79 Å². The average molecular weight is 932 g/mol. The van der Waals surface area contributed by atoms with E-state index in [0.29, 0.717) is 6.42 Å². The minimum absolute atomic E-state index is 0.190. The molecule has 1 amide bonds. The van der Waals surface area contributed by atoms with Crippen LogP contribution < -0.4 is 5.32 Å². The Hall–Kier alpha value is -1.85. The van der Waals surface area contributed by atoms with Crippen molar-refractivity contribution < 1.29 is 39.8 Å². The lowest BCUT2D eigenvalue weighted by molar-refractivity contribution is -0.302. The summed E-state index contributed by atoms with van der Waals surface area (Å²) in [6.07, 6.45) is 54.5. The molecule has 1 saturated heterocycles. The van der Waals surface area contributed by atoms with Crippen molar-refractivity contribution in [3.8, 4) is 0 Å². The van der Waals surface area contributed by atoms with Crippen LogP contribution in [0.5, 0.6) is 0 Å². The zero-order chi connectivity index (χ0) is 48.0. The summed E-state index contributed by atoms with van der Waals surface area (Å²) >= 11 is 0. The molecule has 0 radical (unpaired) electrons. The van der Waals surface area contributed by atoms with Crippen LogP contribution >= 0.6 is 0 Å². The topological polar surface area (TPSA) is 149 Å². The maximum Gasteiger partial charge on any atom is 0.220 e. The van der Waals surface area contributed by atoms with Gasteiger partial charge in [0.05, 0.1) is 25.4 Å². The standard InChI is InChI=1S/C57H105NO8/c1-3-5-7-9-11-13-15-17-19-21-23-25-27-28-30-32-34-36-38-40-42-44-46-51(60)50(49-65-57-56(64)55(63)54(62)52(48-59)66-57)58-53(61)47-45-43-41-39-37-35-33-31-29-26-24-22-20-18-16-14-12-10-8-6-4-2/h16,18,22,24,36,38,44,46,50-52,54-57,59-60,62-64H,3-15,17,19-21,23,25-35,37,39-43,45,47-49H2,1-2H3,(H,58,61)/b18-16-,24-22-,38-36+,46-44+. The van der Waals surface area contributed by atoms with E-state index < -0.39 is 49.5 Å². The van der Waals surface area contributed by atoms with Crippen molar-refractivity contribution in [1.82, 2.24) is 5.32 Å². The van der Waals surface area contributed by atoms with Crippen molar-refractivity contribution in [1.29, 1.82) is 0 Å². The molecule has 1 rings (SSSR count). The number of carbonyl (C=O) groups is 1. The van der Waals surface area contributed by atoms with Gasteiger partial charge in [0.15, 0.2) is 6.29 Å². The Morgan fingerprint density at radius 2 is 0.909 bits per heavy atom. The molecule has 0 aliphatic carbocycles. The van der Waals surface area contributed by atoms with Crippen LogP contribution in [0.25, 0.3) is 0 Å². The third kappa shape index (κ3) is 36.2. The van der Waals surface area contributed by atoms with Crippen LogP contribution in [-0.2, 0) is 14.3 Å². The van der Waals surface area contributed by atoms with Crippen LogP contribution in [0.3, 0.4) is 0 Å². The van der Waals surface area contributed by atoms with Gasteiger partial charge in [-0.1, -0.05) is 229 Å². The van der Waals surface area contributed by atoms with Crippen LogP contribution in [0.15, 0.2) is 48.6 Å². The van der Waals surface area contributed by atoms with Crippen molar-refractivity contribution in [2.24, 2.45) is 0 Å². The fraction of sp³-hybridized carbons (Fsp3) is 0.842. The number of aliphatic hydroxyl groups excluding tert-OH is 5. The number of amides is 1. The summed E-state index contributed by atoms with van der Waals surface area (Å²) in [4.78, 5) is 13.0. The van der Waals surface area contributed by atoms with Crippen LogP contribution in [0, 0.1) is 0 Å². The molecule has 1 heterocycles. The molecule has 0 aromatic heterocycles. The van der Waals surface area contributed by atoms with E-state index in [1.165, 1.54) is 180 Å². The molecular weight excluding hydrogens is 827 g/mol. The van der Waals surface area contributed by atoms with Crippen molar-refractivity contribution in [3.63, 3.8) is 0 Å². The van der Waals surface area contributed by atoms with Gasteiger partial charge in [0, 0.05) is 6.42 Å². The summed E-state index contributed by atoms with van der Waals surface area (Å²) in [6.45, 7) is 3.77. The number of aliphatic hydroxyl groups is 5. The molecule has 1 aliphatic rings. The maximum absolute atomic E-state index is 13.0. The lowest BCUT2D eigenvalue weighted by atomic mass is 9.99. The zero-order valence-corrected chi connectivity index (χ0v) is 42.7. The van der Waals surface area contributed by atoms with Gasteiger partial charge >= 0.3 is 0 Å². The largest absolute Gasteiger partial charge is 0.394 e. The summed E-state index contributed by atoms with van der Waals surface area (Å²) < 4.78 is 11.2. The molecule has 0 aromatic carbocycles. The average Bonchev–Trinajstić information content (AvgIpc) is 3.32. The van der Waals surface area contributed by atoms with E-state index in [4.69, 9.17) is 9.47 Å². The predicted molar refractivity (Wildman–Crippen MR) is 276 cm³/mol. The molecule has 1 fully saturated rings. The first-order valence-corrected chi connectivity index (χ1v) is 27.9. The fourth-order valence-corrected chi connectivity index (χ4v) is 8.67. The second-order valence-corrected chi connectivity index (χ2v) is 19.4. The molecule has 0 saturated carbocycles. The number of rotatable bonds is 47. The number of nitrogens with one attached hydrogen (secondary N) is 1.